The van der Waals surface area contributed by atoms with Gasteiger partial charge in [-0.05, 0) is 48.3 Å². The number of ether oxygens (including phenoxy) is 1. The molecule has 1 aliphatic rings. The molecule has 1 aliphatic heterocycles. The van der Waals surface area contributed by atoms with Crippen molar-refractivity contribution >= 4 is 41.0 Å². The zero-order valence-electron chi connectivity index (χ0n) is 12.5. The summed E-state index contributed by atoms with van der Waals surface area (Å²) in [4.78, 5) is 25.3. The van der Waals surface area contributed by atoms with E-state index in [1.165, 1.54) is 7.11 Å². The molecule has 0 bridgehead atoms. The number of nitrogens with zero attached hydrogens (tertiary/aromatic N) is 1. The van der Waals surface area contributed by atoms with Gasteiger partial charge >= 0.3 is 5.97 Å². The number of carbonyl (C=O) groups is 2. The molecule has 1 saturated heterocycles. The molecule has 0 aliphatic carbocycles. The lowest BCUT2D eigenvalue weighted by Gasteiger charge is -2.15. The number of hydrogen-bond donors (Lipinski definition) is 1. The Morgan fingerprint density at radius 2 is 2.09 bits per heavy atom. The third-order valence-electron chi connectivity index (χ3n) is 3.43. The molecule has 1 fully saturated rings. The number of thioether (sulfide) groups is 1. The molecule has 1 amide bonds. The number of hydrogen-bond acceptors (Lipinski definition) is 5. The molecule has 22 heavy (non-hydrogen) atoms. The maximum absolute atomic E-state index is 12.3. The largest absolute Gasteiger partial charge is 0.465 e. The first kappa shape index (κ1) is 16.8. The van der Waals surface area contributed by atoms with Gasteiger partial charge in [-0.2, -0.15) is 11.8 Å². The highest BCUT2D eigenvalue weighted by atomic mass is 32.2. The Hall–Kier alpha value is -1.60. The van der Waals surface area contributed by atoms with Crippen LogP contribution in [0.5, 0.6) is 0 Å². The van der Waals surface area contributed by atoms with Gasteiger partial charge in [0.15, 0.2) is 5.11 Å². The van der Waals surface area contributed by atoms with Crippen LogP contribution in [-0.2, 0) is 16.1 Å². The van der Waals surface area contributed by atoms with E-state index in [0.717, 1.165) is 17.7 Å². The second kappa shape index (κ2) is 7.60. The van der Waals surface area contributed by atoms with Gasteiger partial charge in [-0.15, -0.1) is 0 Å². The van der Waals surface area contributed by atoms with E-state index in [9.17, 15) is 9.59 Å². The number of thiocarbonyl (C=S) groups is 1. The quantitative estimate of drug-likeness (QED) is 0.631. The van der Waals surface area contributed by atoms with Crippen molar-refractivity contribution in [1.29, 1.82) is 0 Å². The van der Waals surface area contributed by atoms with Crippen LogP contribution in [0.4, 0.5) is 0 Å². The summed E-state index contributed by atoms with van der Waals surface area (Å²) in [5.74, 6) is 0.544. The first-order chi connectivity index (χ1) is 10.6. The molecular weight excluding hydrogens is 320 g/mol. The predicted molar refractivity (Wildman–Crippen MR) is 90.9 cm³/mol. The van der Waals surface area contributed by atoms with Gasteiger partial charge in [0.25, 0.3) is 5.91 Å². The molecule has 7 heteroatoms. The van der Waals surface area contributed by atoms with Crippen LogP contribution in [0.2, 0.25) is 0 Å². The summed E-state index contributed by atoms with van der Waals surface area (Å²) < 4.78 is 4.66. The van der Waals surface area contributed by atoms with Crippen LogP contribution in [0.1, 0.15) is 22.3 Å². The molecule has 118 valence electrons. The maximum Gasteiger partial charge on any atom is 0.337 e. The second-order valence-electron chi connectivity index (χ2n) is 4.90. The Labute approximate surface area is 139 Å². The summed E-state index contributed by atoms with van der Waals surface area (Å²) in [5, 5.41) is 3.53. The number of rotatable bonds is 6. The monoisotopic (exact) mass is 338 g/mol. The molecule has 1 heterocycles. The van der Waals surface area contributed by atoms with E-state index in [1.54, 1.807) is 40.9 Å². The summed E-state index contributed by atoms with van der Waals surface area (Å²) in [6.07, 6.45) is 2.77. The molecule has 1 aromatic rings. The van der Waals surface area contributed by atoms with Gasteiger partial charge in [0.2, 0.25) is 0 Å². The number of methoxy groups -OCH3 is 1. The molecule has 0 aromatic heterocycles. The summed E-state index contributed by atoms with van der Waals surface area (Å²) in [6, 6.07) is 6.75. The van der Waals surface area contributed by atoms with Crippen molar-refractivity contribution in [3.63, 3.8) is 0 Å². The summed E-state index contributed by atoms with van der Waals surface area (Å²) >= 11 is 6.95. The number of carbonyl (C=O) groups excluding carboxylic acids is 2. The highest BCUT2D eigenvalue weighted by molar-refractivity contribution is 7.98. The van der Waals surface area contributed by atoms with Crippen molar-refractivity contribution in [2.24, 2.45) is 0 Å². The first-order valence-corrected chi connectivity index (χ1v) is 8.65. The van der Waals surface area contributed by atoms with E-state index in [-0.39, 0.29) is 17.9 Å². The van der Waals surface area contributed by atoms with Crippen molar-refractivity contribution in [2.45, 2.75) is 19.0 Å². The van der Waals surface area contributed by atoms with E-state index in [2.05, 4.69) is 10.1 Å². The summed E-state index contributed by atoms with van der Waals surface area (Å²) in [6.45, 7) is 0.405. The fourth-order valence-electron chi connectivity index (χ4n) is 2.20. The van der Waals surface area contributed by atoms with Crippen molar-refractivity contribution in [2.75, 3.05) is 19.1 Å². The minimum atomic E-state index is -0.377. The standard InChI is InChI=1S/C15H18N2O3S2/c1-20-14(19)11-5-3-10(4-6-11)9-17-13(18)12(7-8-22-2)16-15(17)21/h3-6,12H,7-9H2,1-2H3,(H,16,21). The van der Waals surface area contributed by atoms with Gasteiger partial charge < -0.3 is 10.1 Å². The van der Waals surface area contributed by atoms with E-state index in [4.69, 9.17) is 12.2 Å². The van der Waals surface area contributed by atoms with Crippen LogP contribution < -0.4 is 5.32 Å². The normalized spacial score (nSPS) is 17.5. The van der Waals surface area contributed by atoms with Crippen LogP contribution in [0.25, 0.3) is 0 Å². The first-order valence-electron chi connectivity index (χ1n) is 6.85. The lowest BCUT2D eigenvalue weighted by atomic mass is 10.1. The second-order valence-corrected chi connectivity index (χ2v) is 6.27. The molecule has 1 atom stereocenters. The van der Waals surface area contributed by atoms with Crippen LogP contribution >= 0.6 is 24.0 Å². The molecule has 5 nitrogen and oxygen atoms in total. The Morgan fingerprint density at radius 1 is 1.41 bits per heavy atom. The minimum Gasteiger partial charge on any atom is -0.465 e. The number of nitrogens with one attached hydrogen (secondary N) is 1. The van der Waals surface area contributed by atoms with Crippen LogP contribution in [-0.4, -0.2) is 47.0 Å². The summed E-state index contributed by atoms with van der Waals surface area (Å²) in [5.41, 5.74) is 1.40. The zero-order chi connectivity index (χ0) is 16.1. The van der Waals surface area contributed by atoms with Crippen molar-refractivity contribution in [1.82, 2.24) is 10.2 Å². The average Bonchev–Trinajstić information content (AvgIpc) is 2.80. The maximum atomic E-state index is 12.3. The Kier molecular flexibility index (Phi) is 5.79. The Bertz CT molecular complexity index is 575. The van der Waals surface area contributed by atoms with Gasteiger partial charge in [0.1, 0.15) is 6.04 Å². The Balaban J connectivity index is 2.02. The number of esters is 1. The van der Waals surface area contributed by atoms with Gasteiger partial charge in [-0.25, -0.2) is 4.79 Å². The zero-order valence-corrected chi connectivity index (χ0v) is 14.1. The lowest BCUT2D eigenvalue weighted by molar-refractivity contribution is -0.127. The van der Waals surface area contributed by atoms with Crippen molar-refractivity contribution in [3.05, 3.63) is 35.4 Å². The molecule has 0 spiro atoms. The molecule has 2 rings (SSSR count). The fourth-order valence-corrected chi connectivity index (χ4v) is 2.97. The van der Waals surface area contributed by atoms with E-state index >= 15 is 0 Å². The van der Waals surface area contributed by atoms with Gasteiger partial charge in [0, 0.05) is 0 Å². The number of benzene rings is 1. The van der Waals surface area contributed by atoms with Crippen LogP contribution in [0.15, 0.2) is 24.3 Å². The van der Waals surface area contributed by atoms with Crippen molar-refractivity contribution in [3.8, 4) is 0 Å². The van der Waals surface area contributed by atoms with Gasteiger partial charge in [-0.3, -0.25) is 9.69 Å². The van der Waals surface area contributed by atoms with E-state index < -0.39 is 0 Å². The topological polar surface area (TPSA) is 58.6 Å². The molecule has 1 unspecified atom stereocenters. The molecule has 0 saturated carbocycles. The predicted octanol–water partition coefficient (Wildman–Crippen LogP) is 1.81. The van der Waals surface area contributed by atoms with Crippen LogP contribution in [0, 0.1) is 0 Å². The Morgan fingerprint density at radius 3 is 2.68 bits per heavy atom. The van der Waals surface area contributed by atoms with Gasteiger partial charge in [-0.1, -0.05) is 12.1 Å². The summed E-state index contributed by atoms with van der Waals surface area (Å²) in [7, 11) is 1.35. The minimum absolute atomic E-state index is 0.0103. The smallest absolute Gasteiger partial charge is 0.337 e. The fraction of sp³-hybridized carbons (Fsp3) is 0.400. The lowest BCUT2D eigenvalue weighted by Crippen LogP contribution is -2.31. The van der Waals surface area contributed by atoms with Crippen molar-refractivity contribution < 1.29 is 14.3 Å². The molecule has 1 N–H and O–H groups in total. The third-order valence-corrected chi connectivity index (χ3v) is 4.42. The highest BCUT2D eigenvalue weighted by Crippen LogP contribution is 2.16. The van der Waals surface area contributed by atoms with Crippen LogP contribution in [0.3, 0.4) is 0 Å². The average molecular weight is 338 g/mol. The molecule has 0 radical (unpaired) electrons. The van der Waals surface area contributed by atoms with E-state index in [1.807, 2.05) is 6.26 Å². The molecular formula is C15H18N2O3S2. The number of amides is 1. The molecule has 1 aromatic carbocycles. The van der Waals surface area contributed by atoms with Gasteiger partial charge in [0.05, 0.1) is 19.2 Å². The SMILES string of the molecule is COC(=O)c1ccc(CN2C(=O)C(CCSC)NC2=S)cc1. The third kappa shape index (κ3) is 3.78. The highest BCUT2D eigenvalue weighted by Gasteiger charge is 2.34. The van der Waals surface area contributed by atoms with E-state index in [0.29, 0.717) is 17.2 Å².